The number of nitrogens with one attached hydrogen (secondary N) is 1. The summed E-state index contributed by atoms with van der Waals surface area (Å²) in [6.07, 6.45) is 0.850. The van der Waals surface area contributed by atoms with Crippen molar-refractivity contribution in [2.24, 2.45) is 5.92 Å². The highest BCUT2D eigenvalue weighted by Gasteiger charge is 2.43. The first-order valence-electron chi connectivity index (χ1n) is 7.32. The fourth-order valence-electron chi connectivity index (χ4n) is 2.60. The highest BCUT2D eigenvalue weighted by Crippen LogP contribution is 2.47. The average Bonchev–Trinajstić information content (AvgIpc) is 3.22. The molecule has 5 nitrogen and oxygen atoms in total. The standard InChI is InChI=1S/C17H17NO4S/c1-22-11-4-2-10(3-5-11)13-8-14(13)16(19)18-9-12-6-7-15(23-12)17(20)21/h2-7,13-14H,8-9H2,1H3,(H,18,19)(H,20,21)/t13-,14+/m0/s1. The van der Waals surface area contributed by atoms with E-state index in [9.17, 15) is 9.59 Å². The number of thiophene rings is 1. The van der Waals surface area contributed by atoms with Gasteiger partial charge in [0.25, 0.3) is 0 Å². The Bertz CT molecular complexity index is 722. The summed E-state index contributed by atoms with van der Waals surface area (Å²) in [4.78, 5) is 24.1. The van der Waals surface area contributed by atoms with E-state index in [4.69, 9.17) is 9.84 Å². The van der Waals surface area contributed by atoms with Crippen LogP contribution >= 0.6 is 11.3 Å². The van der Waals surface area contributed by atoms with Crippen molar-refractivity contribution in [3.05, 3.63) is 51.7 Å². The summed E-state index contributed by atoms with van der Waals surface area (Å²) in [5.41, 5.74) is 1.15. The van der Waals surface area contributed by atoms with Gasteiger partial charge in [-0.05, 0) is 42.2 Å². The predicted molar refractivity (Wildman–Crippen MR) is 87.0 cm³/mol. The number of amides is 1. The topological polar surface area (TPSA) is 75.6 Å². The van der Waals surface area contributed by atoms with Crippen LogP contribution < -0.4 is 10.1 Å². The quantitative estimate of drug-likeness (QED) is 0.853. The van der Waals surface area contributed by atoms with E-state index < -0.39 is 5.97 Å². The third-order valence-corrected chi connectivity index (χ3v) is 5.05. The monoisotopic (exact) mass is 331 g/mol. The second kappa shape index (κ2) is 6.42. The van der Waals surface area contributed by atoms with Crippen molar-refractivity contribution in [3.63, 3.8) is 0 Å². The van der Waals surface area contributed by atoms with Gasteiger partial charge in [0, 0.05) is 10.8 Å². The van der Waals surface area contributed by atoms with Crippen LogP contribution in [0, 0.1) is 5.92 Å². The average molecular weight is 331 g/mol. The molecule has 2 aromatic rings. The Hall–Kier alpha value is -2.34. The van der Waals surface area contributed by atoms with Crippen LogP contribution in [0.4, 0.5) is 0 Å². The third kappa shape index (κ3) is 3.53. The van der Waals surface area contributed by atoms with E-state index in [-0.39, 0.29) is 22.6 Å². The predicted octanol–water partition coefficient (Wildman–Crippen LogP) is 2.87. The number of carboxylic acids is 1. The SMILES string of the molecule is COc1ccc([C@@H]2C[C@H]2C(=O)NCc2ccc(C(=O)O)s2)cc1. The summed E-state index contributed by atoms with van der Waals surface area (Å²) in [7, 11) is 1.63. The van der Waals surface area contributed by atoms with Crippen molar-refractivity contribution in [2.75, 3.05) is 7.11 Å². The number of carbonyl (C=O) groups excluding carboxylic acids is 1. The van der Waals surface area contributed by atoms with Crippen LogP contribution in [0.25, 0.3) is 0 Å². The molecule has 0 saturated heterocycles. The summed E-state index contributed by atoms with van der Waals surface area (Å²) in [6, 6.07) is 11.1. The van der Waals surface area contributed by atoms with Gasteiger partial charge >= 0.3 is 5.97 Å². The summed E-state index contributed by atoms with van der Waals surface area (Å²) in [5.74, 6) is 0.161. The van der Waals surface area contributed by atoms with Gasteiger partial charge in [-0.15, -0.1) is 11.3 Å². The largest absolute Gasteiger partial charge is 0.497 e. The van der Waals surface area contributed by atoms with E-state index in [2.05, 4.69) is 5.32 Å². The van der Waals surface area contributed by atoms with Crippen molar-refractivity contribution < 1.29 is 19.4 Å². The Morgan fingerprint density at radius 1 is 1.26 bits per heavy atom. The summed E-state index contributed by atoms with van der Waals surface area (Å²) in [5, 5.41) is 11.8. The molecule has 0 unspecified atom stereocenters. The number of ether oxygens (including phenoxy) is 1. The molecule has 3 rings (SSSR count). The lowest BCUT2D eigenvalue weighted by Crippen LogP contribution is -2.24. The molecule has 1 heterocycles. The molecule has 0 spiro atoms. The van der Waals surface area contributed by atoms with Crippen LogP contribution in [0.2, 0.25) is 0 Å². The third-order valence-electron chi connectivity index (χ3n) is 3.98. The number of hydrogen-bond acceptors (Lipinski definition) is 4. The van der Waals surface area contributed by atoms with Gasteiger partial charge in [0.05, 0.1) is 13.7 Å². The lowest BCUT2D eigenvalue weighted by Gasteiger charge is -2.04. The van der Waals surface area contributed by atoms with Crippen LogP contribution in [0.1, 0.15) is 32.5 Å². The lowest BCUT2D eigenvalue weighted by molar-refractivity contribution is -0.122. The van der Waals surface area contributed by atoms with Crippen LogP contribution in [0.15, 0.2) is 36.4 Å². The Balaban J connectivity index is 1.52. The fourth-order valence-corrected chi connectivity index (χ4v) is 3.38. The van der Waals surface area contributed by atoms with E-state index in [1.807, 2.05) is 24.3 Å². The number of benzene rings is 1. The minimum absolute atomic E-state index is 0.00213. The smallest absolute Gasteiger partial charge is 0.345 e. The Kier molecular flexibility index (Phi) is 4.34. The number of methoxy groups -OCH3 is 1. The number of carboxylic acid groups (broad SMARTS) is 1. The molecule has 6 heteroatoms. The van der Waals surface area contributed by atoms with Gasteiger partial charge in [-0.25, -0.2) is 4.79 Å². The Morgan fingerprint density at radius 3 is 2.61 bits per heavy atom. The molecule has 1 aliphatic carbocycles. The number of carbonyl (C=O) groups is 2. The Morgan fingerprint density at radius 2 is 2.00 bits per heavy atom. The van der Waals surface area contributed by atoms with Crippen molar-refractivity contribution in [3.8, 4) is 5.75 Å². The van der Waals surface area contributed by atoms with Crippen molar-refractivity contribution in [1.29, 1.82) is 0 Å². The maximum absolute atomic E-state index is 12.2. The minimum Gasteiger partial charge on any atom is -0.497 e. The summed E-state index contributed by atoms with van der Waals surface area (Å²) >= 11 is 1.19. The van der Waals surface area contributed by atoms with Crippen LogP contribution in [0.3, 0.4) is 0 Å². The molecule has 1 saturated carbocycles. The molecule has 1 aliphatic rings. The van der Waals surface area contributed by atoms with Gasteiger partial charge in [0.2, 0.25) is 5.91 Å². The molecule has 1 aromatic carbocycles. The zero-order chi connectivity index (χ0) is 16.4. The number of hydrogen-bond donors (Lipinski definition) is 2. The molecular formula is C17H17NO4S. The molecule has 1 aromatic heterocycles. The zero-order valence-electron chi connectivity index (χ0n) is 12.6. The van der Waals surface area contributed by atoms with Gasteiger partial charge in [0.15, 0.2) is 0 Å². The first-order chi connectivity index (χ1) is 11.1. The highest BCUT2D eigenvalue weighted by atomic mass is 32.1. The second-order valence-corrected chi connectivity index (χ2v) is 6.68. The molecule has 2 atom stereocenters. The molecule has 1 amide bonds. The van der Waals surface area contributed by atoms with Crippen molar-refractivity contribution in [2.45, 2.75) is 18.9 Å². The van der Waals surface area contributed by atoms with Crippen LogP contribution in [0.5, 0.6) is 5.75 Å². The maximum atomic E-state index is 12.2. The molecular weight excluding hydrogens is 314 g/mol. The van der Waals surface area contributed by atoms with Crippen LogP contribution in [-0.2, 0) is 11.3 Å². The molecule has 0 bridgehead atoms. The lowest BCUT2D eigenvalue weighted by atomic mass is 10.1. The van der Waals surface area contributed by atoms with Crippen molar-refractivity contribution in [1.82, 2.24) is 5.32 Å². The van der Waals surface area contributed by atoms with E-state index in [0.29, 0.717) is 6.54 Å². The first kappa shape index (κ1) is 15.6. The molecule has 120 valence electrons. The number of rotatable bonds is 6. The van der Waals surface area contributed by atoms with E-state index in [1.165, 1.54) is 11.3 Å². The number of aromatic carboxylic acids is 1. The second-order valence-electron chi connectivity index (χ2n) is 5.51. The maximum Gasteiger partial charge on any atom is 0.345 e. The molecule has 0 aliphatic heterocycles. The van der Waals surface area contributed by atoms with Crippen molar-refractivity contribution >= 4 is 23.2 Å². The molecule has 1 fully saturated rings. The van der Waals surface area contributed by atoms with Gasteiger partial charge in [-0.2, -0.15) is 0 Å². The van der Waals surface area contributed by atoms with E-state index in [1.54, 1.807) is 19.2 Å². The van der Waals surface area contributed by atoms with Gasteiger partial charge in [0.1, 0.15) is 10.6 Å². The minimum atomic E-state index is -0.936. The fraction of sp³-hybridized carbons (Fsp3) is 0.294. The molecule has 2 N–H and O–H groups in total. The van der Waals surface area contributed by atoms with Crippen LogP contribution in [-0.4, -0.2) is 24.1 Å². The highest BCUT2D eigenvalue weighted by molar-refractivity contribution is 7.13. The zero-order valence-corrected chi connectivity index (χ0v) is 13.4. The summed E-state index contributed by atoms with van der Waals surface area (Å²) < 4.78 is 5.13. The van der Waals surface area contributed by atoms with E-state index >= 15 is 0 Å². The first-order valence-corrected chi connectivity index (χ1v) is 8.14. The molecule has 0 radical (unpaired) electrons. The van der Waals surface area contributed by atoms with Gasteiger partial charge < -0.3 is 15.2 Å². The van der Waals surface area contributed by atoms with Gasteiger partial charge in [-0.3, -0.25) is 4.79 Å². The van der Waals surface area contributed by atoms with Gasteiger partial charge in [-0.1, -0.05) is 12.1 Å². The Labute approximate surface area is 137 Å². The normalized spacial score (nSPS) is 19.2. The van der Waals surface area contributed by atoms with E-state index in [0.717, 1.165) is 22.6 Å². The molecule has 23 heavy (non-hydrogen) atoms. The summed E-state index contributed by atoms with van der Waals surface area (Å²) in [6.45, 7) is 0.378.